The lowest BCUT2D eigenvalue weighted by molar-refractivity contribution is -0.136. The molecule has 0 saturated carbocycles. The first kappa shape index (κ1) is 16.4. The predicted octanol–water partition coefficient (Wildman–Crippen LogP) is 0.0944. The molecule has 9 nitrogen and oxygen atoms in total. The summed E-state index contributed by atoms with van der Waals surface area (Å²) in [6.07, 6.45) is 1.60. The monoisotopic (exact) mass is 343 g/mol. The lowest BCUT2D eigenvalue weighted by Gasteiger charge is -2.05. The minimum atomic E-state index is -1.21. The van der Waals surface area contributed by atoms with Crippen LogP contribution in [-0.2, 0) is 17.6 Å². The summed E-state index contributed by atoms with van der Waals surface area (Å²) in [5, 5.41) is 18.1. The molecule has 0 spiro atoms. The van der Waals surface area contributed by atoms with Crippen LogP contribution in [0.3, 0.4) is 0 Å². The van der Waals surface area contributed by atoms with Crippen molar-refractivity contribution < 1.29 is 25.3 Å². The Bertz CT molecular complexity index is 1100. The smallest absolute Gasteiger partial charge is 0.356 e. The van der Waals surface area contributed by atoms with Gasteiger partial charge in [0.25, 0.3) is 5.56 Å². The van der Waals surface area contributed by atoms with Crippen LogP contribution in [0.5, 0.6) is 0 Å². The maximum Gasteiger partial charge on any atom is 0.356 e. The van der Waals surface area contributed by atoms with Crippen LogP contribution in [-0.4, -0.2) is 42.0 Å². The quantitative estimate of drug-likeness (QED) is 0.478. The van der Waals surface area contributed by atoms with E-state index >= 15 is 0 Å². The molecule has 0 amide bonds. The van der Waals surface area contributed by atoms with Crippen molar-refractivity contribution in [2.75, 3.05) is 0 Å². The topological polar surface area (TPSA) is 156 Å². The first-order valence-corrected chi connectivity index (χ1v) is 7.16. The molecule has 0 bridgehead atoms. The molecule has 1 aliphatic carbocycles. The van der Waals surface area contributed by atoms with Crippen molar-refractivity contribution in [3.63, 3.8) is 0 Å². The molecular formula is C16H13N3O6. The van der Waals surface area contributed by atoms with E-state index in [2.05, 4.69) is 9.97 Å². The van der Waals surface area contributed by atoms with Crippen molar-refractivity contribution in [2.45, 2.75) is 12.8 Å². The van der Waals surface area contributed by atoms with Gasteiger partial charge in [-0.05, 0) is 11.1 Å². The molecule has 0 saturated heterocycles. The fraction of sp³-hybridized carbons (Fsp3) is 0.125. The van der Waals surface area contributed by atoms with Crippen LogP contribution in [0.2, 0.25) is 0 Å². The summed E-state index contributed by atoms with van der Waals surface area (Å²) in [5.41, 5.74) is 2.83. The molecule has 4 rings (SSSR count). The standard InChI is InChI=1S/C16H11N3O5.H2O/c20-12(21)4-7-2-1-3-8-9(7)5-11-13(8)18-15(22)14-17-10(16(23)24)6-19(11)14;/h1-3,6H,4-5H2,(H,18,22)(H,20,21)(H,23,24);1H2. The van der Waals surface area contributed by atoms with Crippen LogP contribution < -0.4 is 5.56 Å². The van der Waals surface area contributed by atoms with Gasteiger partial charge in [-0.3, -0.25) is 14.0 Å². The first-order valence-electron chi connectivity index (χ1n) is 7.16. The molecule has 1 aromatic carbocycles. The molecule has 25 heavy (non-hydrogen) atoms. The van der Waals surface area contributed by atoms with Crippen molar-refractivity contribution in [1.29, 1.82) is 0 Å². The van der Waals surface area contributed by atoms with Crippen molar-refractivity contribution >= 4 is 17.6 Å². The summed E-state index contributed by atoms with van der Waals surface area (Å²) in [5.74, 6) is -2.15. The van der Waals surface area contributed by atoms with Crippen LogP contribution in [0.4, 0.5) is 0 Å². The second kappa shape index (κ2) is 5.56. The Morgan fingerprint density at radius 2 is 2.04 bits per heavy atom. The Balaban J connectivity index is 0.00000182. The second-order valence-corrected chi connectivity index (χ2v) is 5.59. The summed E-state index contributed by atoms with van der Waals surface area (Å²) >= 11 is 0. The first-order chi connectivity index (χ1) is 11.5. The molecule has 1 aliphatic rings. The number of fused-ring (bicyclic) bond motifs is 5. The summed E-state index contributed by atoms with van der Waals surface area (Å²) in [6, 6.07) is 5.29. The Labute approximate surface area is 139 Å². The van der Waals surface area contributed by atoms with Gasteiger partial charge in [0.05, 0.1) is 17.8 Å². The molecule has 5 N–H and O–H groups in total. The van der Waals surface area contributed by atoms with Gasteiger partial charge in [-0.15, -0.1) is 0 Å². The normalized spacial score (nSPS) is 11.7. The van der Waals surface area contributed by atoms with Crippen molar-refractivity contribution in [1.82, 2.24) is 14.4 Å². The molecule has 3 aromatic rings. The van der Waals surface area contributed by atoms with Crippen molar-refractivity contribution in [3.05, 3.63) is 57.3 Å². The van der Waals surface area contributed by atoms with Crippen molar-refractivity contribution in [3.8, 4) is 11.3 Å². The summed E-state index contributed by atoms with van der Waals surface area (Å²) < 4.78 is 1.47. The van der Waals surface area contributed by atoms with Gasteiger partial charge in [0.1, 0.15) is 0 Å². The Kier molecular flexibility index (Phi) is 3.65. The number of carbonyl (C=O) groups is 2. The zero-order valence-electron chi connectivity index (χ0n) is 12.7. The van der Waals surface area contributed by atoms with E-state index in [1.807, 2.05) is 6.07 Å². The van der Waals surface area contributed by atoms with Crippen LogP contribution in [0, 0.1) is 0 Å². The fourth-order valence-electron chi connectivity index (χ4n) is 3.18. The van der Waals surface area contributed by atoms with Gasteiger partial charge in [0.15, 0.2) is 5.69 Å². The van der Waals surface area contributed by atoms with Crippen molar-refractivity contribution in [2.24, 2.45) is 0 Å². The Morgan fingerprint density at radius 1 is 1.28 bits per heavy atom. The number of benzene rings is 1. The number of aliphatic carboxylic acids is 1. The number of hydrogen-bond donors (Lipinski definition) is 3. The van der Waals surface area contributed by atoms with Gasteiger partial charge in [-0.25, -0.2) is 9.78 Å². The second-order valence-electron chi connectivity index (χ2n) is 5.59. The number of rotatable bonds is 3. The molecule has 0 radical (unpaired) electrons. The number of nitrogens with zero attached hydrogens (tertiary/aromatic N) is 2. The number of carboxylic acid groups (broad SMARTS) is 2. The molecule has 2 aromatic heterocycles. The van der Waals surface area contributed by atoms with Gasteiger partial charge >= 0.3 is 11.9 Å². The van der Waals surface area contributed by atoms with E-state index in [0.29, 0.717) is 23.4 Å². The Morgan fingerprint density at radius 3 is 2.72 bits per heavy atom. The third-order valence-electron chi connectivity index (χ3n) is 4.17. The van der Waals surface area contributed by atoms with E-state index in [4.69, 9.17) is 10.2 Å². The highest BCUT2D eigenvalue weighted by Crippen LogP contribution is 2.36. The molecule has 0 aliphatic heterocycles. The summed E-state index contributed by atoms with van der Waals surface area (Å²) in [6.45, 7) is 0. The number of aromatic amines is 1. The number of aromatic carboxylic acids is 1. The fourth-order valence-corrected chi connectivity index (χ4v) is 3.18. The highest BCUT2D eigenvalue weighted by molar-refractivity contribution is 5.86. The number of H-pyrrole nitrogens is 1. The molecule has 0 unspecified atom stereocenters. The molecule has 0 fully saturated rings. The number of nitrogens with one attached hydrogen (secondary N) is 1. The summed E-state index contributed by atoms with van der Waals surface area (Å²) in [7, 11) is 0. The number of hydrogen-bond acceptors (Lipinski definition) is 4. The zero-order valence-corrected chi connectivity index (χ0v) is 12.7. The lowest BCUT2D eigenvalue weighted by atomic mass is 10.0. The van der Waals surface area contributed by atoms with E-state index in [9.17, 15) is 14.4 Å². The van der Waals surface area contributed by atoms with Gasteiger partial charge in [0, 0.05) is 18.2 Å². The van der Waals surface area contributed by atoms with Gasteiger partial charge in [-0.2, -0.15) is 0 Å². The molecule has 9 heteroatoms. The lowest BCUT2D eigenvalue weighted by Crippen LogP contribution is -2.13. The van der Waals surface area contributed by atoms with Crippen LogP contribution in [0.25, 0.3) is 16.9 Å². The van der Waals surface area contributed by atoms with Gasteiger partial charge < -0.3 is 20.7 Å². The van der Waals surface area contributed by atoms with E-state index in [1.165, 1.54) is 10.6 Å². The molecule has 2 heterocycles. The van der Waals surface area contributed by atoms with Crippen LogP contribution in [0.15, 0.2) is 29.2 Å². The van der Waals surface area contributed by atoms with Gasteiger partial charge in [-0.1, -0.05) is 18.2 Å². The molecule has 0 atom stereocenters. The average molecular weight is 343 g/mol. The maximum atomic E-state index is 12.2. The number of carboxylic acids is 2. The summed E-state index contributed by atoms with van der Waals surface area (Å²) in [4.78, 5) is 41.0. The average Bonchev–Trinajstić information content (AvgIpc) is 3.10. The van der Waals surface area contributed by atoms with E-state index in [0.717, 1.165) is 11.1 Å². The highest BCUT2D eigenvalue weighted by atomic mass is 16.4. The minimum absolute atomic E-state index is 0. The molecular weight excluding hydrogens is 330 g/mol. The predicted molar refractivity (Wildman–Crippen MR) is 86.0 cm³/mol. The highest BCUT2D eigenvalue weighted by Gasteiger charge is 2.27. The SMILES string of the molecule is O.O=C(O)Cc1cccc2c1Cc1c-2[nH]c(=O)c2nc(C(=O)O)cn12. The maximum absolute atomic E-state index is 12.2. The third-order valence-corrected chi connectivity index (χ3v) is 4.17. The van der Waals surface area contributed by atoms with Gasteiger partial charge in [0.2, 0.25) is 5.65 Å². The largest absolute Gasteiger partial charge is 0.481 e. The van der Waals surface area contributed by atoms with Crippen LogP contribution in [0.1, 0.15) is 27.3 Å². The van der Waals surface area contributed by atoms with E-state index in [-0.39, 0.29) is 23.2 Å². The number of imidazole rings is 1. The number of aromatic nitrogens is 3. The third kappa shape index (κ3) is 2.37. The van der Waals surface area contributed by atoms with Crippen LogP contribution >= 0.6 is 0 Å². The zero-order chi connectivity index (χ0) is 17.0. The van der Waals surface area contributed by atoms with E-state index in [1.54, 1.807) is 12.1 Å². The minimum Gasteiger partial charge on any atom is -0.481 e. The van der Waals surface area contributed by atoms with E-state index < -0.39 is 17.5 Å². The molecule has 128 valence electrons. The Hall–Kier alpha value is -3.46.